The Morgan fingerprint density at radius 2 is 1.29 bits per heavy atom. The Bertz CT molecular complexity index is 795. The lowest BCUT2D eigenvalue weighted by atomic mass is 10.2. The third kappa shape index (κ3) is 7.63. The number of alkyl halides is 6. The van der Waals surface area contributed by atoms with Crippen molar-refractivity contribution in [3.63, 3.8) is 0 Å². The summed E-state index contributed by atoms with van der Waals surface area (Å²) in [4.78, 5) is 0. The van der Waals surface area contributed by atoms with Gasteiger partial charge in [0.1, 0.15) is 13.2 Å². The zero-order chi connectivity index (χ0) is 24.7. The van der Waals surface area contributed by atoms with Gasteiger partial charge in [0, 0.05) is 6.08 Å². The molecule has 0 aromatic rings. The van der Waals surface area contributed by atoms with Crippen LogP contribution in [0.1, 0.15) is 39.5 Å². The first-order valence-corrected chi connectivity index (χ1v) is 12.2. The van der Waals surface area contributed by atoms with Crippen molar-refractivity contribution in [2.24, 2.45) is 0 Å². The largest absolute Gasteiger partial charge is 0.561 e. The van der Waals surface area contributed by atoms with Gasteiger partial charge in [-0.15, -0.1) is 0 Å². The van der Waals surface area contributed by atoms with Crippen LogP contribution in [0, 0.1) is 0 Å². The average Bonchev–Trinajstić information content (AvgIpc) is 2.61. The second-order valence-electron chi connectivity index (χ2n) is 6.99. The molecule has 0 spiro atoms. The van der Waals surface area contributed by atoms with Crippen LogP contribution >= 0.6 is 0 Å². The molecule has 0 bridgehead atoms. The third-order valence-electron chi connectivity index (χ3n) is 4.36. The Kier molecular flexibility index (Phi) is 10.5. The number of rotatable bonds is 12. The van der Waals surface area contributed by atoms with Crippen LogP contribution in [-0.2, 0) is 24.8 Å². The molecule has 0 aliphatic rings. The fourth-order valence-electron chi connectivity index (χ4n) is 2.53. The fourth-order valence-corrected chi connectivity index (χ4v) is 5.17. The lowest BCUT2D eigenvalue weighted by Crippen LogP contribution is -2.49. The predicted molar refractivity (Wildman–Crippen MR) is 102 cm³/mol. The van der Waals surface area contributed by atoms with Crippen molar-refractivity contribution < 1.29 is 55.8 Å². The normalized spacial score (nSPS) is 13.7. The second kappa shape index (κ2) is 11.0. The van der Waals surface area contributed by atoms with Gasteiger partial charge in [-0.2, -0.15) is 43.2 Å². The third-order valence-corrected chi connectivity index (χ3v) is 7.94. The Labute approximate surface area is 178 Å². The van der Waals surface area contributed by atoms with Crippen LogP contribution in [0.2, 0.25) is 0 Å². The number of ether oxygens (including phenoxy) is 1. The lowest BCUT2D eigenvalue weighted by Gasteiger charge is -2.34. The summed E-state index contributed by atoms with van der Waals surface area (Å²) in [6, 6.07) is 0. The maximum absolute atomic E-state index is 12.9. The van der Waals surface area contributed by atoms with E-state index >= 15 is 0 Å². The molecule has 0 atom stereocenters. The Hall–Kier alpha value is -1.35. The molecule has 0 rings (SSSR count). The van der Waals surface area contributed by atoms with E-state index in [1.807, 2.05) is 13.8 Å². The Morgan fingerprint density at radius 1 is 0.903 bits per heavy atom. The van der Waals surface area contributed by atoms with Crippen molar-refractivity contribution in [3.05, 3.63) is 12.7 Å². The van der Waals surface area contributed by atoms with E-state index < -0.39 is 47.0 Å². The number of unbranched alkanes of at least 4 members (excludes halogenated alkanes) is 2. The van der Waals surface area contributed by atoms with Gasteiger partial charge in [0.2, 0.25) is 0 Å². The minimum absolute atomic E-state index is 0.0866. The van der Waals surface area contributed by atoms with Crippen LogP contribution in [0.15, 0.2) is 12.7 Å². The van der Waals surface area contributed by atoms with Crippen LogP contribution in [0.25, 0.3) is 0 Å². The molecule has 0 fully saturated rings. The number of quaternary nitrogens is 1. The minimum Gasteiger partial charge on any atom is -0.437 e. The molecular weight excluding hydrogens is 478 g/mol. The van der Waals surface area contributed by atoms with E-state index in [1.54, 1.807) is 7.05 Å². The van der Waals surface area contributed by atoms with Crippen molar-refractivity contribution in [1.29, 1.82) is 0 Å². The average molecular weight is 507 g/mol. The lowest BCUT2D eigenvalue weighted by molar-refractivity contribution is -0.910. The zero-order valence-corrected chi connectivity index (χ0v) is 19.1. The molecule has 0 aromatic heterocycles. The van der Waals surface area contributed by atoms with Crippen molar-refractivity contribution in [1.82, 2.24) is 0 Å². The van der Waals surface area contributed by atoms with Crippen LogP contribution < -0.4 is 0 Å². The maximum atomic E-state index is 12.9. The highest BCUT2D eigenvalue weighted by Crippen LogP contribution is 2.32. The topological polar surface area (TPSA) is 80.5 Å². The minimum atomic E-state index is -7.00. The number of halogens is 6. The van der Waals surface area contributed by atoms with Gasteiger partial charge in [-0.3, -0.25) is 0 Å². The molecule has 0 aliphatic carbocycles. The van der Waals surface area contributed by atoms with Crippen molar-refractivity contribution in [3.8, 4) is 0 Å². The maximum Gasteiger partial charge on any atom is 0.561 e. The summed E-state index contributed by atoms with van der Waals surface area (Å²) in [6.07, 6.45) is 3.43. The first-order chi connectivity index (χ1) is 13.9. The van der Waals surface area contributed by atoms with Gasteiger partial charge >= 0.3 is 37.0 Å². The Balaban J connectivity index is 6.24. The highest BCUT2D eigenvalue weighted by atomic mass is 32.3. The molecule has 0 aromatic carbocycles. The summed E-state index contributed by atoms with van der Waals surface area (Å²) < 4.78 is 128. The number of hydrogen-bond donors (Lipinski definition) is 0. The molecule has 184 valence electrons. The molecule has 0 radical (unpaired) electrons. The first kappa shape index (κ1) is 29.7. The van der Waals surface area contributed by atoms with E-state index in [2.05, 4.69) is 6.58 Å². The molecule has 0 saturated carbocycles. The van der Waals surface area contributed by atoms with Crippen LogP contribution in [0.4, 0.5) is 26.3 Å². The first-order valence-electron chi connectivity index (χ1n) is 9.30. The molecule has 0 amide bonds. The summed E-state index contributed by atoms with van der Waals surface area (Å²) in [7, 11) is -12.2. The molecule has 0 aliphatic heterocycles. The number of sulfonamides is 2. The number of nitrogens with zero attached hydrogens (tertiary/aromatic N) is 2. The molecular formula is C16H28F6N2O5S2+2. The van der Waals surface area contributed by atoms with E-state index in [1.165, 1.54) is 0 Å². The van der Waals surface area contributed by atoms with Gasteiger partial charge in [0.05, 0.1) is 23.5 Å². The fraction of sp³-hybridized carbons (Fsp3) is 0.812. The zero-order valence-electron chi connectivity index (χ0n) is 17.5. The van der Waals surface area contributed by atoms with Gasteiger partial charge in [0.25, 0.3) is 0 Å². The molecule has 0 saturated heterocycles. The second-order valence-corrected chi connectivity index (χ2v) is 10.8. The Morgan fingerprint density at radius 3 is 1.58 bits per heavy atom. The highest BCUT2D eigenvalue weighted by molar-refractivity contribution is 7.98. The molecule has 0 unspecified atom stereocenters. The highest BCUT2D eigenvalue weighted by Gasteiger charge is 2.68. The summed E-state index contributed by atoms with van der Waals surface area (Å²) in [6.45, 7) is 7.60. The van der Waals surface area contributed by atoms with Gasteiger partial charge < -0.3 is 9.22 Å². The van der Waals surface area contributed by atoms with E-state index in [0.29, 0.717) is 17.6 Å². The molecule has 15 heteroatoms. The monoisotopic (exact) mass is 506 g/mol. The SMILES string of the molecule is C=CC(OCC[N+](C)(CCCC)CCCC)=[N+](S(=O)(=O)C(F)(F)F)S(=O)(=O)C(F)(F)F. The van der Waals surface area contributed by atoms with Gasteiger partial charge in [-0.25, -0.2) is 0 Å². The summed E-state index contributed by atoms with van der Waals surface area (Å²) in [5, 5.41) is 0. The van der Waals surface area contributed by atoms with Gasteiger partial charge in [0.15, 0.2) is 0 Å². The van der Waals surface area contributed by atoms with E-state index in [9.17, 15) is 43.2 Å². The summed E-state index contributed by atoms with van der Waals surface area (Å²) in [5.74, 6) is -1.70. The van der Waals surface area contributed by atoms with E-state index in [4.69, 9.17) is 4.74 Å². The number of likely N-dealkylation sites (N-methyl/N-ethyl adjacent to an activating group) is 1. The predicted octanol–water partition coefficient (Wildman–Crippen LogP) is 3.35. The molecule has 31 heavy (non-hydrogen) atoms. The standard InChI is InChI=1S/C16H28F6N2O5S2/c1-5-8-10-24(4,11-9-6-2)12-13-29-14(7-3)23(30(25,26)15(17,18)19)31(27,28)16(20,21)22/h7H,3,5-6,8-13H2,1-2,4H3/q+2. The van der Waals surface area contributed by atoms with E-state index in [-0.39, 0.29) is 12.6 Å². The smallest absolute Gasteiger partial charge is 0.437 e. The molecule has 7 nitrogen and oxygen atoms in total. The van der Waals surface area contributed by atoms with Gasteiger partial charge in [-0.1, -0.05) is 33.3 Å². The van der Waals surface area contributed by atoms with Crippen LogP contribution in [-0.4, -0.2) is 74.9 Å². The van der Waals surface area contributed by atoms with Crippen molar-refractivity contribution in [2.45, 2.75) is 50.5 Å². The molecule has 0 N–H and O–H groups in total. The van der Waals surface area contributed by atoms with Crippen molar-refractivity contribution in [2.75, 3.05) is 33.3 Å². The molecule has 0 heterocycles. The van der Waals surface area contributed by atoms with Crippen LogP contribution in [0.5, 0.6) is 0 Å². The van der Waals surface area contributed by atoms with Crippen molar-refractivity contribution >= 4 is 25.9 Å². The number of hydrogen-bond acceptors (Lipinski definition) is 5. The van der Waals surface area contributed by atoms with Gasteiger partial charge in [-0.05, 0) is 12.8 Å². The summed E-state index contributed by atoms with van der Waals surface area (Å²) in [5.41, 5.74) is -12.7. The quantitative estimate of drug-likeness (QED) is 0.133. The summed E-state index contributed by atoms with van der Waals surface area (Å²) >= 11 is 0. The van der Waals surface area contributed by atoms with Crippen LogP contribution in [0.3, 0.4) is 0 Å². The van der Waals surface area contributed by atoms with E-state index in [0.717, 1.165) is 25.7 Å².